The molecule has 1 aromatic carbocycles. The molecule has 5 heteroatoms. The van der Waals surface area contributed by atoms with Gasteiger partial charge in [-0.1, -0.05) is 30.3 Å². The predicted molar refractivity (Wildman–Crippen MR) is 76.6 cm³/mol. The van der Waals surface area contributed by atoms with Gasteiger partial charge < -0.3 is 11.1 Å². The number of nitrogens with one attached hydrogen (secondary N) is 1. The van der Waals surface area contributed by atoms with Crippen molar-refractivity contribution in [1.29, 1.82) is 0 Å². The molecule has 0 saturated carbocycles. The average Bonchev–Trinajstić information content (AvgIpc) is 2.67. The molecule has 0 radical (unpaired) electrons. The summed E-state index contributed by atoms with van der Waals surface area (Å²) in [4.78, 5) is 25.4. The third kappa shape index (κ3) is 2.67. The van der Waals surface area contributed by atoms with Gasteiger partial charge in [-0.25, -0.2) is 0 Å². The fraction of sp³-hybridized carbons (Fsp3) is 0.467. The molecule has 1 fully saturated rings. The Labute approximate surface area is 119 Å². The Bertz CT molecular complexity index is 503. The fourth-order valence-corrected chi connectivity index (χ4v) is 3.10. The van der Waals surface area contributed by atoms with Crippen LogP contribution in [0, 0.1) is 5.92 Å². The van der Waals surface area contributed by atoms with Gasteiger partial charge >= 0.3 is 0 Å². The molecule has 0 aromatic heterocycles. The number of rotatable bonds is 4. The van der Waals surface area contributed by atoms with Crippen LogP contribution in [0.5, 0.6) is 0 Å². The quantitative estimate of drug-likeness (QED) is 0.840. The maximum atomic E-state index is 11.8. The summed E-state index contributed by atoms with van der Waals surface area (Å²) in [6.45, 7) is 2.21. The van der Waals surface area contributed by atoms with Crippen LogP contribution in [0.25, 0.3) is 0 Å². The van der Waals surface area contributed by atoms with Gasteiger partial charge in [0.15, 0.2) is 0 Å². The maximum Gasteiger partial charge on any atom is 0.224 e. The lowest BCUT2D eigenvalue weighted by atomic mass is 9.86. The topological polar surface area (TPSA) is 75.4 Å². The summed E-state index contributed by atoms with van der Waals surface area (Å²) in [5.74, 6) is -0.892. The minimum absolute atomic E-state index is 0.152. The van der Waals surface area contributed by atoms with E-state index in [-0.39, 0.29) is 17.7 Å². The van der Waals surface area contributed by atoms with Crippen LogP contribution in [-0.2, 0) is 16.0 Å². The summed E-state index contributed by atoms with van der Waals surface area (Å²) in [6.07, 6.45) is 1.23. The van der Waals surface area contributed by atoms with Gasteiger partial charge in [0.1, 0.15) is 5.66 Å². The predicted octanol–water partition coefficient (Wildman–Crippen LogP) is 0.498. The number of benzene rings is 1. The summed E-state index contributed by atoms with van der Waals surface area (Å²) in [5, 5.41) is 2.97. The van der Waals surface area contributed by atoms with Crippen LogP contribution in [0.3, 0.4) is 0 Å². The first-order chi connectivity index (χ1) is 9.45. The van der Waals surface area contributed by atoms with Crippen LogP contribution in [0.4, 0.5) is 0 Å². The second kappa shape index (κ2) is 5.63. The zero-order chi connectivity index (χ0) is 14.8. The normalized spacial score (nSPS) is 26.4. The van der Waals surface area contributed by atoms with E-state index in [0.29, 0.717) is 12.8 Å². The summed E-state index contributed by atoms with van der Waals surface area (Å²) in [6, 6.07) is 9.83. The van der Waals surface area contributed by atoms with Crippen LogP contribution in [0.1, 0.15) is 18.9 Å². The van der Waals surface area contributed by atoms with Crippen molar-refractivity contribution < 1.29 is 9.59 Å². The Hall–Kier alpha value is -1.88. The van der Waals surface area contributed by atoms with Gasteiger partial charge in [-0.2, -0.15) is 0 Å². The van der Waals surface area contributed by atoms with E-state index in [1.165, 1.54) is 6.92 Å². The Balaban J connectivity index is 2.38. The Kier molecular flexibility index (Phi) is 4.09. The molecule has 1 aliphatic heterocycles. The van der Waals surface area contributed by atoms with E-state index in [2.05, 4.69) is 5.32 Å². The number of nitrogens with zero attached hydrogens (tertiary/aromatic N) is 1. The van der Waals surface area contributed by atoms with E-state index in [1.807, 2.05) is 42.3 Å². The third-order valence-corrected chi connectivity index (χ3v) is 4.06. The molecule has 2 unspecified atom stereocenters. The molecule has 1 heterocycles. The van der Waals surface area contributed by atoms with Gasteiger partial charge in [-0.05, 0) is 19.0 Å². The van der Waals surface area contributed by atoms with E-state index in [9.17, 15) is 9.59 Å². The van der Waals surface area contributed by atoms with E-state index < -0.39 is 5.66 Å². The van der Waals surface area contributed by atoms with E-state index in [4.69, 9.17) is 5.73 Å². The van der Waals surface area contributed by atoms with Gasteiger partial charge in [0.2, 0.25) is 11.8 Å². The highest BCUT2D eigenvalue weighted by Crippen LogP contribution is 2.34. The van der Waals surface area contributed by atoms with Crippen molar-refractivity contribution in [2.45, 2.75) is 25.4 Å². The van der Waals surface area contributed by atoms with Crippen LogP contribution < -0.4 is 11.1 Å². The van der Waals surface area contributed by atoms with Crippen LogP contribution in [0.15, 0.2) is 30.3 Å². The standard InChI is InChI=1S/C15H21N3O2/c1-11(19)17-15(10-12-6-4-3-5-7-12)13(14(16)20)8-9-18(15)2/h3-7,13H,8-10H2,1-2H3,(H2,16,20)(H,17,19). The SMILES string of the molecule is CC(=O)NC1(Cc2ccccc2)C(C(N)=O)CCN1C. The number of hydrogen-bond acceptors (Lipinski definition) is 3. The van der Waals surface area contributed by atoms with Crippen molar-refractivity contribution >= 4 is 11.8 Å². The lowest BCUT2D eigenvalue weighted by Gasteiger charge is -2.40. The minimum Gasteiger partial charge on any atom is -0.369 e. The maximum absolute atomic E-state index is 11.8. The molecule has 3 N–H and O–H groups in total. The highest BCUT2D eigenvalue weighted by molar-refractivity contribution is 5.81. The number of likely N-dealkylation sites (N-methyl/N-ethyl adjacent to an activating group) is 1. The van der Waals surface area contributed by atoms with Crippen LogP contribution in [-0.4, -0.2) is 36.0 Å². The number of likely N-dealkylation sites (tertiary alicyclic amines) is 1. The molecule has 0 bridgehead atoms. The molecule has 2 rings (SSSR count). The zero-order valence-corrected chi connectivity index (χ0v) is 11.9. The van der Waals surface area contributed by atoms with E-state index >= 15 is 0 Å². The number of carbonyl (C=O) groups excluding carboxylic acids is 2. The van der Waals surface area contributed by atoms with Crippen LogP contribution >= 0.6 is 0 Å². The lowest BCUT2D eigenvalue weighted by molar-refractivity contribution is -0.129. The smallest absolute Gasteiger partial charge is 0.224 e. The molecule has 2 atom stereocenters. The molecule has 5 nitrogen and oxygen atoms in total. The molecule has 1 aliphatic rings. The van der Waals surface area contributed by atoms with Crippen LogP contribution in [0.2, 0.25) is 0 Å². The second-order valence-electron chi connectivity index (χ2n) is 5.43. The van der Waals surface area contributed by atoms with E-state index in [0.717, 1.165) is 12.1 Å². The Morgan fingerprint density at radius 1 is 1.40 bits per heavy atom. The van der Waals surface area contributed by atoms with Gasteiger partial charge in [-0.15, -0.1) is 0 Å². The molecule has 1 saturated heterocycles. The number of nitrogens with two attached hydrogens (primary N) is 1. The molecular formula is C15H21N3O2. The molecule has 20 heavy (non-hydrogen) atoms. The monoisotopic (exact) mass is 275 g/mol. The molecule has 0 aliphatic carbocycles. The van der Waals surface area contributed by atoms with Crippen molar-refractivity contribution in [2.24, 2.45) is 11.7 Å². The zero-order valence-electron chi connectivity index (χ0n) is 11.9. The van der Waals surface area contributed by atoms with Crippen molar-refractivity contribution in [3.05, 3.63) is 35.9 Å². The van der Waals surface area contributed by atoms with Crippen molar-refractivity contribution in [3.63, 3.8) is 0 Å². The van der Waals surface area contributed by atoms with Gasteiger partial charge in [0.05, 0.1) is 5.92 Å². The molecule has 108 valence electrons. The Morgan fingerprint density at radius 3 is 2.60 bits per heavy atom. The highest BCUT2D eigenvalue weighted by Gasteiger charge is 2.50. The minimum atomic E-state index is -0.723. The number of carbonyl (C=O) groups is 2. The number of amides is 2. The average molecular weight is 275 g/mol. The highest BCUT2D eigenvalue weighted by atomic mass is 16.2. The third-order valence-electron chi connectivity index (χ3n) is 4.06. The lowest BCUT2D eigenvalue weighted by Crippen LogP contribution is -2.62. The summed E-state index contributed by atoms with van der Waals surface area (Å²) < 4.78 is 0. The largest absolute Gasteiger partial charge is 0.369 e. The first-order valence-corrected chi connectivity index (χ1v) is 6.79. The summed E-state index contributed by atoms with van der Waals surface area (Å²) in [7, 11) is 1.92. The van der Waals surface area contributed by atoms with Crippen molar-refractivity contribution in [2.75, 3.05) is 13.6 Å². The molecule has 0 spiro atoms. The van der Waals surface area contributed by atoms with Crippen molar-refractivity contribution in [1.82, 2.24) is 10.2 Å². The fourth-order valence-electron chi connectivity index (χ4n) is 3.10. The molecule has 2 amide bonds. The second-order valence-corrected chi connectivity index (χ2v) is 5.43. The molecule has 1 aromatic rings. The Morgan fingerprint density at radius 2 is 2.05 bits per heavy atom. The van der Waals surface area contributed by atoms with Gasteiger partial charge in [0, 0.05) is 19.9 Å². The summed E-state index contributed by atoms with van der Waals surface area (Å²) in [5.41, 5.74) is 5.90. The first kappa shape index (κ1) is 14.5. The molecular weight excluding hydrogens is 254 g/mol. The van der Waals surface area contributed by atoms with E-state index in [1.54, 1.807) is 0 Å². The van der Waals surface area contributed by atoms with Crippen molar-refractivity contribution in [3.8, 4) is 0 Å². The summed E-state index contributed by atoms with van der Waals surface area (Å²) >= 11 is 0. The number of primary amides is 1. The number of hydrogen-bond donors (Lipinski definition) is 2. The van der Waals surface area contributed by atoms with Gasteiger partial charge in [-0.3, -0.25) is 14.5 Å². The first-order valence-electron chi connectivity index (χ1n) is 6.79. The van der Waals surface area contributed by atoms with Gasteiger partial charge in [0.25, 0.3) is 0 Å².